The van der Waals surface area contributed by atoms with Crippen LogP contribution in [0.15, 0.2) is 170 Å². The Morgan fingerprint density at radius 2 is 0.740 bits per heavy atom. The Morgan fingerprint density at radius 3 is 1.12 bits per heavy atom. The largest absolute Gasteiger partial charge is 0.311 e. The molecule has 0 atom stereocenters. The van der Waals surface area contributed by atoms with Crippen LogP contribution in [0.25, 0.3) is 54.2 Å². The summed E-state index contributed by atoms with van der Waals surface area (Å²) >= 11 is 0. The summed E-state index contributed by atoms with van der Waals surface area (Å²) in [5.41, 5.74) is 18.5. The first-order valence-electron chi connectivity index (χ1n) is 26.2. The molecule has 2 aliphatic heterocycles. The van der Waals surface area contributed by atoms with Crippen LogP contribution < -0.4 is 26.2 Å². The van der Waals surface area contributed by atoms with E-state index < -0.39 is 0 Å². The van der Waals surface area contributed by atoms with Gasteiger partial charge in [0.1, 0.15) is 0 Å². The maximum atomic E-state index is 10.0. The van der Waals surface area contributed by atoms with E-state index in [4.69, 9.17) is 0 Å². The highest BCUT2D eigenvalue weighted by Crippen LogP contribution is 2.50. The molecule has 3 nitrogen and oxygen atoms in total. The zero-order valence-corrected chi connectivity index (χ0v) is 44.6. The summed E-state index contributed by atoms with van der Waals surface area (Å²) in [6.45, 7) is 28.0. The van der Waals surface area contributed by atoms with Gasteiger partial charge in [-0.05, 0) is 175 Å². The highest BCUT2D eigenvalue weighted by atomic mass is 15.2. The Bertz CT molecular complexity index is 3680. The zero-order chi connectivity index (χ0) is 51.1. The van der Waals surface area contributed by atoms with Crippen LogP contribution in [0.1, 0.15) is 111 Å². The highest BCUT2D eigenvalue weighted by molar-refractivity contribution is 7.00. The van der Waals surface area contributed by atoms with Crippen LogP contribution in [0.4, 0.5) is 34.1 Å². The SMILES string of the molecule is CC(C)(C)c1cc(N2c3cc4c(ccc5ccccc54)cc3B3c4cc5ccc6ccccc6c5cc4N(c4cc(C(C)(C)C)cc(C(C)(C)C)c4)c4cc(-c5ccc(C#N)cc5)cc2c43)cc(C(C)(C)C)c1. The van der Waals surface area contributed by atoms with Gasteiger partial charge in [-0.3, -0.25) is 0 Å². The van der Waals surface area contributed by atoms with Gasteiger partial charge in [0.25, 0.3) is 6.71 Å². The van der Waals surface area contributed by atoms with Crippen molar-refractivity contribution in [2.75, 3.05) is 9.80 Å². The topological polar surface area (TPSA) is 30.3 Å². The van der Waals surface area contributed by atoms with Crippen molar-refractivity contribution in [3.8, 4) is 17.2 Å². The molecular weight excluding hydrogens is 882 g/mol. The van der Waals surface area contributed by atoms with Crippen LogP contribution in [-0.2, 0) is 21.7 Å². The minimum atomic E-state index is -0.107. The Kier molecular flexibility index (Phi) is 10.3. The molecule has 2 heterocycles. The van der Waals surface area contributed by atoms with E-state index in [-0.39, 0.29) is 28.4 Å². The van der Waals surface area contributed by atoms with Crippen LogP contribution in [0, 0.1) is 11.3 Å². The van der Waals surface area contributed by atoms with Gasteiger partial charge in [0.2, 0.25) is 0 Å². The fraction of sp³-hybridized carbons (Fsp3) is 0.232. The summed E-state index contributed by atoms with van der Waals surface area (Å²) < 4.78 is 0. The maximum Gasteiger partial charge on any atom is 0.252 e. The van der Waals surface area contributed by atoms with Crippen molar-refractivity contribution in [2.24, 2.45) is 0 Å². The van der Waals surface area contributed by atoms with Crippen molar-refractivity contribution < 1.29 is 0 Å². The van der Waals surface area contributed by atoms with Gasteiger partial charge in [-0.25, -0.2) is 0 Å². The molecule has 2 aliphatic rings. The molecule has 0 unspecified atom stereocenters. The minimum Gasteiger partial charge on any atom is -0.311 e. The number of hydrogen-bond acceptors (Lipinski definition) is 3. The summed E-state index contributed by atoms with van der Waals surface area (Å²) in [4.78, 5) is 5.24. The van der Waals surface area contributed by atoms with Crippen molar-refractivity contribution in [3.05, 3.63) is 198 Å². The van der Waals surface area contributed by atoms with E-state index in [0.29, 0.717) is 5.56 Å². The molecule has 358 valence electrons. The van der Waals surface area contributed by atoms with Gasteiger partial charge in [0, 0.05) is 34.1 Å². The standard InChI is InChI=1S/C69H64BN3/c1-66(2,3)49-33-50(67(4,5)6)36-53(35-49)72-61-39-57-46(27-25-44-17-13-15-19-55(44)57)29-59(61)70-60-30-47-28-26-45-18-14-16-20-56(45)58(47)40-62(60)73(54-37-51(68(7,8)9)34-52(38-54)69(10,11)12)64-32-48(31-63(72)65(64)70)43-23-21-42(41-71)22-24-43/h13-40H,1-12H3. The third-order valence-corrected chi connectivity index (χ3v) is 16.0. The van der Waals surface area contributed by atoms with E-state index in [0.717, 1.165) is 33.9 Å². The van der Waals surface area contributed by atoms with Crippen molar-refractivity contribution in [3.63, 3.8) is 0 Å². The van der Waals surface area contributed by atoms with Crippen LogP contribution in [0.3, 0.4) is 0 Å². The van der Waals surface area contributed by atoms with Gasteiger partial charge in [-0.15, -0.1) is 0 Å². The van der Waals surface area contributed by atoms with Crippen molar-refractivity contribution >= 4 is 100 Å². The van der Waals surface area contributed by atoms with Gasteiger partial charge in [-0.2, -0.15) is 5.26 Å². The molecule has 12 rings (SSSR count). The number of rotatable bonds is 3. The average molecular weight is 946 g/mol. The van der Waals surface area contributed by atoms with E-state index in [9.17, 15) is 5.26 Å². The molecular formula is C69H64BN3. The highest BCUT2D eigenvalue weighted by Gasteiger charge is 2.45. The third kappa shape index (κ3) is 7.70. The molecule has 0 radical (unpaired) electrons. The Balaban J connectivity index is 1.29. The number of fused-ring (bicyclic) bond motifs is 10. The number of hydrogen-bond donors (Lipinski definition) is 0. The predicted molar refractivity (Wildman–Crippen MR) is 315 cm³/mol. The number of anilines is 6. The summed E-state index contributed by atoms with van der Waals surface area (Å²) in [5, 5.41) is 19.9. The number of nitrogens with zero attached hydrogens (tertiary/aromatic N) is 3. The van der Waals surface area contributed by atoms with Gasteiger partial charge in [0.15, 0.2) is 0 Å². The third-order valence-electron chi connectivity index (χ3n) is 16.0. The summed E-state index contributed by atoms with van der Waals surface area (Å²) in [5.74, 6) is 0. The second-order valence-corrected chi connectivity index (χ2v) is 25.1. The first kappa shape index (κ1) is 46.5. The molecule has 4 heteroatoms. The lowest BCUT2D eigenvalue weighted by Gasteiger charge is -2.45. The number of nitriles is 1. The summed E-state index contributed by atoms with van der Waals surface area (Å²) in [6, 6.07) is 67.2. The lowest BCUT2D eigenvalue weighted by atomic mass is 9.33. The lowest BCUT2D eigenvalue weighted by Crippen LogP contribution is -2.61. The van der Waals surface area contributed by atoms with Gasteiger partial charge >= 0.3 is 0 Å². The molecule has 0 amide bonds. The van der Waals surface area contributed by atoms with Crippen LogP contribution >= 0.6 is 0 Å². The van der Waals surface area contributed by atoms with Gasteiger partial charge in [0.05, 0.1) is 11.6 Å². The molecule has 0 saturated heterocycles. The van der Waals surface area contributed by atoms with E-state index >= 15 is 0 Å². The average Bonchev–Trinajstić information content (AvgIpc) is 3.36. The summed E-state index contributed by atoms with van der Waals surface area (Å²) in [7, 11) is 0. The van der Waals surface area contributed by atoms with Crippen molar-refractivity contribution in [1.29, 1.82) is 5.26 Å². The molecule has 0 N–H and O–H groups in total. The van der Waals surface area contributed by atoms with Crippen LogP contribution in [-0.4, -0.2) is 6.71 Å². The fourth-order valence-electron chi connectivity index (χ4n) is 11.7. The first-order valence-corrected chi connectivity index (χ1v) is 26.2. The molecule has 10 aromatic rings. The molecule has 0 saturated carbocycles. The molecule has 73 heavy (non-hydrogen) atoms. The summed E-state index contributed by atoms with van der Waals surface area (Å²) in [6.07, 6.45) is 0. The molecule has 0 aliphatic carbocycles. The second kappa shape index (κ2) is 16.2. The quantitative estimate of drug-likeness (QED) is 0.131. The van der Waals surface area contributed by atoms with Crippen LogP contribution in [0.5, 0.6) is 0 Å². The minimum absolute atomic E-state index is 0.106. The molecule has 0 fully saturated rings. The smallest absolute Gasteiger partial charge is 0.252 e. The molecule has 0 aromatic heterocycles. The Hall–Kier alpha value is -7.61. The van der Waals surface area contributed by atoms with Crippen LogP contribution in [0.2, 0.25) is 0 Å². The zero-order valence-electron chi connectivity index (χ0n) is 44.6. The Labute approximate surface area is 432 Å². The van der Waals surface area contributed by atoms with Gasteiger partial charge in [-0.1, -0.05) is 192 Å². The predicted octanol–water partition coefficient (Wildman–Crippen LogP) is 17.1. The fourth-order valence-corrected chi connectivity index (χ4v) is 11.7. The normalized spacial score (nSPS) is 13.7. The van der Waals surface area contributed by atoms with Gasteiger partial charge < -0.3 is 9.80 Å². The molecule has 10 aromatic carbocycles. The van der Waals surface area contributed by atoms with E-state index in [1.807, 2.05) is 12.1 Å². The number of benzene rings is 10. The first-order chi connectivity index (χ1) is 34.6. The monoisotopic (exact) mass is 946 g/mol. The molecule has 0 bridgehead atoms. The Morgan fingerprint density at radius 1 is 0.356 bits per heavy atom. The second-order valence-electron chi connectivity index (χ2n) is 25.1. The lowest BCUT2D eigenvalue weighted by molar-refractivity contribution is 0.568. The van der Waals surface area contributed by atoms with E-state index in [1.165, 1.54) is 93.1 Å². The maximum absolute atomic E-state index is 10.0. The van der Waals surface area contributed by atoms with Crippen molar-refractivity contribution in [2.45, 2.75) is 105 Å². The van der Waals surface area contributed by atoms with E-state index in [2.05, 4.69) is 257 Å². The van der Waals surface area contributed by atoms with E-state index in [1.54, 1.807) is 0 Å². The molecule has 0 spiro atoms. The van der Waals surface area contributed by atoms with Crippen molar-refractivity contribution in [1.82, 2.24) is 0 Å².